The summed E-state index contributed by atoms with van der Waals surface area (Å²) in [7, 11) is 0. The first-order valence-electron chi connectivity index (χ1n) is 8.53. The number of hydrogen-bond donors (Lipinski definition) is 0. The molecule has 0 N–H and O–H groups in total. The molecule has 148 valence electrons. The average Bonchev–Trinajstić information content (AvgIpc) is 3.15. The van der Waals surface area contributed by atoms with Crippen LogP contribution in [0.4, 0.5) is 8.78 Å². The minimum atomic E-state index is -2.88. The third kappa shape index (κ3) is 4.45. The Kier molecular flexibility index (Phi) is 5.30. The number of benzene rings is 2. The van der Waals surface area contributed by atoms with Crippen LogP contribution in [0.15, 0.2) is 67.4 Å². The van der Waals surface area contributed by atoms with Gasteiger partial charge >= 0.3 is 12.2 Å². The number of hydrogen-bond acceptors (Lipinski definition) is 7. The van der Waals surface area contributed by atoms with Gasteiger partial charge < -0.3 is 13.6 Å². The Morgan fingerprint density at radius 3 is 2.62 bits per heavy atom. The van der Waals surface area contributed by atoms with E-state index in [9.17, 15) is 13.6 Å². The maximum Gasteiger partial charge on any atom is 0.387 e. The smallest absolute Gasteiger partial charge is 0.387 e. The molecule has 0 aliphatic carbocycles. The van der Waals surface area contributed by atoms with Gasteiger partial charge in [-0.05, 0) is 48.4 Å². The fraction of sp³-hybridized carbons (Fsp3) is 0.150. The molecule has 2 heterocycles. The predicted molar refractivity (Wildman–Crippen MR) is 103 cm³/mol. The van der Waals surface area contributed by atoms with Gasteiger partial charge in [-0.15, -0.1) is 10.2 Å². The molecule has 0 aliphatic rings. The fourth-order valence-corrected chi connectivity index (χ4v) is 3.51. The Morgan fingerprint density at radius 2 is 1.86 bits per heavy atom. The molecule has 0 saturated heterocycles. The SMILES string of the molecule is Cc1ccc2c(CSc3nnc(-c4ccc(OC(F)F)cc4)o3)cc(=O)oc2c1. The van der Waals surface area contributed by atoms with Crippen LogP contribution in [0.25, 0.3) is 22.4 Å². The molecule has 4 rings (SSSR count). The number of rotatable bonds is 6. The number of fused-ring (bicyclic) bond motifs is 1. The summed E-state index contributed by atoms with van der Waals surface area (Å²) in [6.45, 7) is -0.958. The number of nitrogens with zero attached hydrogens (tertiary/aromatic N) is 2. The second-order valence-electron chi connectivity index (χ2n) is 6.15. The molecule has 2 aromatic heterocycles. The van der Waals surface area contributed by atoms with E-state index in [0.717, 1.165) is 16.5 Å². The Morgan fingerprint density at radius 1 is 1.07 bits per heavy atom. The molecule has 0 amide bonds. The van der Waals surface area contributed by atoms with Crippen LogP contribution in [0.3, 0.4) is 0 Å². The van der Waals surface area contributed by atoms with E-state index in [4.69, 9.17) is 8.83 Å². The van der Waals surface area contributed by atoms with Crippen molar-refractivity contribution in [1.82, 2.24) is 10.2 Å². The van der Waals surface area contributed by atoms with Gasteiger partial charge in [0.1, 0.15) is 11.3 Å². The lowest BCUT2D eigenvalue weighted by Gasteiger charge is -2.04. The number of aromatic nitrogens is 2. The van der Waals surface area contributed by atoms with Crippen molar-refractivity contribution in [3.8, 4) is 17.2 Å². The van der Waals surface area contributed by atoms with Crippen molar-refractivity contribution in [3.63, 3.8) is 0 Å². The van der Waals surface area contributed by atoms with Crippen molar-refractivity contribution >= 4 is 22.7 Å². The van der Waals surface area contributed by atoms with Crippen molar-refractivity contribution in [3.05, 3.63) is 70.1 Å². The molecule has 0 atom stereocenters. The van der Waals surface area contributed by atoms with Gasteiger partial charge in [0.2, 0.25) is 5.89 Å². The van der Waals surface area contributed by atoms with E-state index in [1.807, 2.05) is 25.1 Å². The summed E-state index contributed by atoms with van der Waals surface area (Å²) in [6.07, 6.45) is 0. The first-order valence-corrected chi connectivity index (χ1v) is 9.51. The molecule has 0 bridgehead atoms. The number of thioether (sulfide) groups is 1. The number of ether oxygens (including phenoxy) is 1. The van der Waals surface area contributed by atoms with Gasteiger partial charge in [0.05, 0.1) is 0 Å². The third-order valence-corrected chi connectivity index (χ3v) is 4.94. The highest BCUT2D eigenvalue weighted by atomic mass is 32.2. The molecule has 2 aromatic carbocycles. The zero-order chi connectivity index (χ0) is 20.4. The van der Waals surface area contributed by atoms with E-state index < -0.39 is 12.2 Å². The fourth-order valence-electron chi connectivity index (χ4n) is 2.76. The molecule has 29 heavy (non-hydrogen) atoms. The van der Waals surface area contributed by atoms with Gasteiger partial charge in [-0.1, -0.05) is 23.9 Å². The maximum atomic E-state index is 12.2. The van der Waals surface area contributed by atoms with E-state index in [0.29, 0.717) is 22.1 Å². The Bertz CT molecular complexity index is 1210. The first kappa shape index (κ1) is 19.1. The predicted octanol–water partition coefficient (Wildman–Crippen LogP) is 5.05. The van der Waals surface area contributed by atoms with Crippen LogP contribution in [0.1, 0.15) is 11.1 Å². The van der Waals surface area contributed by atoms with E-state index in [1.165, 1.54) is 30.0 Å². The maximum absolute atomic E-state index is 12.2. The molecule has 0 radical (unpaired) electrons. The van der Waals surface area contributed by atoms with Gasteiger partial charge in [-0.3, -0.25) is 0 Å². The second kappa shape index (κ2) is 8.04. The van der Waals surface area contributed by atoms with Gasteiger partial charge in [-0.25, -0.2) is 4.79 Å². The summed E-state index contributed by atoms with van der Waals surface area (Å²) in [5.74, 6) is 0.737. The van der Waals surface area contributed by atoms with Crippen LogP contribution in [-0.2, 0) is 5.75 Å². The van der Waals surface area contributed by atoms with Crippen LogP contribution in [0.5, 0.6) is 5.75 Å². The monoisotopic (exact) mass is 416 g/mol. The highest BCUT2D eigenvalue weighted by Crippen LogP contribution is 2.29. The summed E-state index contributed by atoms with van der Waals surface area (Å²) in [5, 5.41) is 9.13. The Hall–Kier alpha value is -3.20. The molecule has 0 spiro atoms. The second-order valence-corrected chi connectivity index (χ2v) is 7.08. The van der Waals surface area contributed by atoms with Crippen LogP contribution in [-0.4, -0.2) is 16.8 Å². The van der Waals surface area contributed by atoms with Crippen molar-refractivity contribution in [2.24, 2.45) is 0 Å². The van der Waals surface area contributed by atoms with Crippen LogP contribution in [0, 0.1) is 6.92 Å². The molecule has 4 aromatic rings. The van der Waals surface area contributed by atoms with E-state index >= 15 is 0 Å². The number of halogens is 2. The lowest BCUT2D eigenvalue weighted by molar-refractivity contribution is -0.0498. The highest BCUT2D eigenvalue weighted by Gasteiger charge is 2.12. The minimum Gasteiger partial charge on any atom is -0.435 e. The van der Waals surface area contributed by atoms with E-state index in [1.54, 1.807) is 12.1 Å². The van der Waals surface area contributed by atoms with E-state index in [-0.39, 0.29) is 11.6 Å². The van der Waals surface area contributed by atoms with Crippen LogP contribution < -0.4 is 10.4 Å². The van der Waals surface area contributed by atoms with Crippen LogP contribution in [0.2, 0.25) is 0 Å². The zero-order valence-electron chi connectivity index (χ0n) is 15.1. The average molecular weight is 416 g/mol. The van der Waals surface area contributed by atoms with Gasteiger partial charge in [0.25, 0.3) is 5.22 Å². The number of aryl methyl sites for hydroxylation is 1. The summed E-state index contributed by atoms with van der Waals surface area (Å²) in [5.41, 5.74) is 2.49. The minimum absolute atomic E-state index is 0.0443. The molecular formula is C20H14F2N2O4S. The summed E-state index contributed by atoms with van der Waals surface area (Å²) in [4.78, 5) is 11.8. The third-order valence-electron chi connectivity index (χ3n) is 4.07. The summed E-state index contributed by atoms with van der Waals surface area (Å²) in [6, 6.07) is 13.0. The Labute approximate surface area is 167 Å². The van der Waals surface area contributed by atoms with Crippen molar-refractivity contribution in [2.45, 2.75) is 24.5 Å². The normalized spacial score (nSPS) is 11.3. The van der Waals surface area contributed by atoms with Crippen LogP contribution >= 0.6 is 11.8 Å². The standard InChI is InChI=1S/C20H14F2N2O4S/c1-11-2-7-15-13(9-17(25)27-16(15)8-11)10-29-20-24-23-18(28-20)12-3-5-14(6-4-12)26-19(21)22/h2-9,19H,10H2,1H3. The summed E-state index contributed by atoms with van der Waals surface area (Å²) >= 11 is 1.28. The molecule has 6 nitrogen and oxygen atoms in total. The molecule has 0 saturated carbocycles. The zero-order valence-corrected chi connectivity index (χ0v) is 15.9. The molecule has 0 aliphatic heterocycles. The van der Waals surface area contributed by atoms with Crippen molar-refractivity contribution in [2.75, 3.05) is 0 Å². The van der Waals surface area contributed by atoms with E-state index in [2.05, 4.69) is 14.9 Å². The molecule has 9 heteroatoms. The molecular weight excluding hydrogens is 402 g/mol. The molecule has 0 unspecified atom stereocenters. The largest absolute Gasteiger partial charge is 0.435 e. The highest BCUT2D eigenvalue weighted by molar-refractivity contribution is 7.98. The van der Waals surface area contributed by atoms with Crippen molar-refractivity contribution < 1.29 is 22.4 Å². The lowest BCUT2D eigenvalue weighted by atomic mass is 10.1. The summed E-state index contributed by atoms with van der Waals surface area (Å²) < 4.78 is 39.6. The Balaban J connectivity index is 1.50. The quantitative estimate of drug-likeness (QED) is 0.322. The number of alkyl halides is 2. The van der Waals surface area contributed by atoms with Gasteiger partial charge in [0.15, 0.2) is 0 Å². The molecule has 0 fully saturated rings. The van der Waals surface area contributed by atoms with Gasteiger partial charge in [0, 0.05) is 22.8 Å². The van der Waals surface area contributed by atoms with Crippen molar-refractivity contribution in [1.29, 1.82) is 0 Å². The lowest BCUT2D eigenvalue weighted by Crippen LogP contribution is -2.01. The first-order chi connectivity index (χ1) is 14.0. The van der Waals surface area contributed by atoms with Gasteiger partial charge in [-0.2, -0.15) is 8.78 Å². The topological polar surface area (TPSA) is 78.4 Å².